The van der Waals surface area contributed by atoms with Crippen molar-refractivity contribution in [2.75, 3.05) is 0 Å². The zero-order valence-electron chi connectivity index (χ0n) is 10.8. The summed E-state index contributed by atoms with van der Waals surface area (Å²) in [5, 5.41) is 12.0. The Morgan fingerprint density at radius 2 is 2.05 bits per heavy atom. The van der Waals surface area contributed by atoms with Crippen LogP contribution in [0, 0.1) is 6.92 Å². The topological polar surface area (TPSA) is 68.0 Å². The second-order valence-electron chi connectivity index (χ2n) is 4.43. The van der Waals surface area contributed by atoms with Crippen molar-refractivity contribution < 1.29 is 9.90 Å². The van der Waals surface area contributed by atoms with Gasteiger partial charge in [-0.1, -0.05) is 23.2 Å². The van der Waals surface area contributed by atoms with Crippen molar-refractivity contribution in [2.45, 2.75) is 13.5 Å². The van der Waals surface area contributed by atoms with Crippen LogP contribution in [0.1, 0.15) is 21.3 Å². The molecular formula is C13H9Cl2N3O2S. The summed E-state index contributed by atoms with van der Waals surface area (Å²) < 4.78 is 1.93. The predicted octanol–water partition coefficient (Wildman–Crippen LogP) is 3.85. The van der Waals surface area contributed by atoms with E-state index >= 15 is 0 Å². The number of rotatable bonds is 3. The van der Waals surface area contributed by atoms with Gasteiger partial charge in [-0.2, -0.15) is 0 Å². The first-order chi connectivity index (χ1) is 9.95. The van der Waals surface area contributed by atoms with Crippen molar-refractivity contribution in [3.8, 4) is 0 Å². The Hall–Kier alpha value is -1.63. The molecule has 21 heavy (non-hydrogen) atoms. The molecule has 2 aromatic heterocycles. The molecular weight excluding hydrogens is 333 g/mol. The summed E-state index contributed by atoms with van der Waals surface area (Å²) in [6.07, 6.45) is 0. The van der Waals surface area contributed by atoms with Gasteiger partial charge in [0.2, 0.25) is 0 Å². The van der Waals surface area contributed by atoms with Crippen molar-refractivity contribution in [1.29, 1.82) is 0 Å². The third-order valence-corrected chi connectivity index (χ3v) is 4.60. The smallest absolute Gasteiger partial charge is 0.355 e. The van der Waals surface area contributed by atoms with E-state index in [-0.39, 0.29) is 5.69 Å². The van der Waals surface area contributed by atoms with Crippen LogP contribution >= 0.6 is 34.5 Å². The zero-order valence-corrected chi connectivity index (χ0v) is 13.1. The summed E-state index contributed by atoms with van der Waals surface area (Å²) in [6, 6.07) is 3.47. The number of imidazole rings is 1. The van der Waals surface area contributed by atoms with Gasteiger partial charge in [0.25, 0.3) is 0 Å². The summed E-state index contributed by atoms with van der Waals surface area (Å²) in [5.74, 6) is -0.241. The maximum Gasteiger partial charge on any atom is 0.355 e. The van der Waals surface area contributed by atoms with E-state index < -0.39 is 5.97 Å². The van der Waals surface area contributed by atoms with Gasteiger partial charge >= 0.3 is 5.97 Å². The molecule has 0 spiro atoms. The second kappa shape index (κ2) is 5.29. The average Bonchev–Trinajstić information content (AvgIpc) is 2.98. The number of carboxylic acids is 1. The van der Waals surface area contributed by atoms with E-state index in [2.05, 4.69) is 9.97 Å². The summed E-state index contributed by atoms with van der Waals surface area (Å²) >= 11 is 13.3. The number of fused-ring (bicyclic) bond motifs is 1. The van der Waals surface area contributed by atoms with E-state index in [4.69, 9.17) is 28.3 Å². The third kappa shape index (κ3) is 2.62. The molecule has 0 aliphatic carbocycles. The largest absolute Gasteiger partial charge is 0.476 e. The van der Waals surface area contributed by atoms with Crippen molar-refractivity contribution in [2.24, 2.45) is 0 Å². The minimum Gasteiger partial charge on any atom is -0.476 e. The van der Waals surface area contributed by atoms with Crippen LogP contribution < -0.4 is 0 Å². The van der Waals surface area contributed by atoms with E-state index in [1.807, 2.05) is 11.5 Å². The number of aryl methyl sites for hydroxylation is 1. The number of aromatic carboxylic acids is 1. The number of carbonyl (C=O) groups is 1. The van der Waals surface area contributed by atoms with Gasteiger partial charge in [0.15, 0.2) is 5.69 Å². The second-order valence-corrected chi connectivity index (χ2v) is 6.19. The summed E-state index contributed by atoms with van der Waals surface area (Å²) in [7, 11) is 0. The zero-order chi connectivity index (χ0) is 15.1. The molecule has 108 valence electrons. The maximum atomic E-state index is 10.9. The Kier molecular flexibility index (Phi) is 3.61. The maximum absolute atomic E-state index is 10.9. The Morgan fingerprint density at radius 3 is 2.71 bits per heavy atom. The van der Waals surface area contributed by atoms with Crippen molar-refractivity contribution in [3.63, 3.8) is 0 Å². The van der Waals surface area contributed by atoms with Gasteiger partial charge in [-0.3, -0.25) is 0 Å². The molecule has 0 atom stereocenters. The molecule has 3 aromatic rings. The first-order valence-corrected chi connectivity index (χ1v) is 7.59. The number of hydrogen-bond donors (Lipinski definition) is 1. The van der Waals surface area contributed by atoms with Crippen molar-refractivity contribution >= 4 is 51.5 Å². The van der Waals surface area contributed by atoms with E-state index in [0.717, 1.165) is 16.9 Å². The Bertz CT molecular complexity index is 857. The molecule has 0 amide bonds. The quantitative estimate of drug-likeness (QED) is 0.785. The Morgan fingerprint density at radius 1 is 1.33 bits per heavy atom. The fraction of sp³-hybridized carbons (Fsp3) is 0.154. The number of benzene rings is 1. The molecule has 1 aromatic carbocycles. The van der Waals surface area contributed by atoms with E-state index in [9.17, 15) is 4.79 Å². The van der Waals surface area contributed by atoms with Crippen LogP contribution in [0.3, 0.4) is 0 Å². The number of hydrogen-bond acceptors (Lipinski definition) is 4. The van der Waals surface area contributed by atoms with Crippen LogP contribution in [0.5, 0.6) is 0 Å². The van der Waals surface area contributed by atoms with Gasteiger partial charge < -0.3 is 9.67 Å². The van der Waals surface area contributed by atoms with Gasteiger partial charge in [0.1, 0.15) is 10.8 Å². The monoisotopic (exact) mass is 341 g/mol. The highest BCUT2D eigenvalue weighted by Gasteiger charge is 2.14. The molecule has 2 heterocycles. The lowest BCUT2D eigenvalue weighted by atomic mass is 10.3. The van der Waals surface area contributed by atoms with E-state index in [1.54, 1.807) is 12.1 Å². The highest BCUT2D eigenvalue weighted by Crippen LogP contribution is 2.29. The average molecular weight is 342 g/mol. The normalized spacial score (nSPS) is 11.2. The lowest BCUT2D eigenvalue weighted by molar-refractivity contribution is 0.0691. The molecule has 1 N–H and O–H groups in total. The Labute approximate surface area is 133 Å². The Balaban J connectivity index is 2.05. The number of nitrogens with zero attached hydrogens (tertiary/aromatic N) is 3. The van der Waals surface area contributed by atoms with Gasteiger partial charge in [-0.15, -0.1) is 11.3 Å². The van der Waals surface area contributed by atoms with Crippen LogP contribution in [0.25, 0.3) is 11.0 Å². The molecule has 0 aliphatic rings. The molecule has 0 radical (unpaired) electrons. The first-order valence-electron chi connectivity index (χ1n) is 5.95. The molecule has 3 rings (SSSR count). The molecule has 0 aliphatic heterocycles. The van der Waals surface area contributed by atoms with E-state index in [1.165, 1.54) is 16.7 Å². The highest BCUT2D eigenvalue weighted by molar-refractivity contribution is 7.09. The highest BCUT2D eigenvalue weighted by atomic mass is 35.5. The van der Waals surface area contributed by atoms with E-state index in [0.29, 0.717) is 21.6 Å². The van der Waals surface area contributed by atoms with Crippen LogP contribution in [0.15, 0.2) is 17.5 Å². The van der Waals surface area contributed by atoms with Crippen LogP contribution in [-0.4, -0.2) is 25.6 Å². The first kappa shape index (κ1) is 14.3. The number of aromatic nitrogens is 3. The molecule has 0 fully saturated rings. The SMILES string of the molecule is Cc1nc2cc(Cl)c(Cl)cc2n1Cc1nc(C(=O)O)cs1. The minimum absolute atomic E-state index is 0.0538. The molecule has 0 saturated heterocycles. The van der Waals surface area contributed by atoms with Gasteiger partial charge in [-0.25, -0.2) is 14.8 Å². The van der Waals surface area contributed by atoms with Gasteiger partial charge in [-0.05, 0) is 19.1 Å². The predicted molar refractivity (Wildman–Crippen MR) is 82.7 cm³/mol. The fourth-order valence-electron chi connectivity index (χ4n) is 2.06. The van der Waals surface area contributed by atoms with Crippen LogP contribution in [0.4, 0.5) is 0 Å². The number of thiazole rings is 1. The lowest BCUT2D eigenvalue weighted by Gasteiger charge is -2.04. The summed E-state index contributed by atoms with van der Waals surface area (Å²) in [6.45, 7) is 2.31. The standard InChI is InChI=1S/C13H9Cl2N3O2S/c1-6-16-9-2-7(14)8(15)3-11(9)18(6)4-12-17-10(5-21-12)13(19)20/h2-3,5H,4H2,1H3,(H,19,20). The lowest BCUT2D eigenvalue weighted by Crippen LogP contribution is -2.03. The number of carboxylic acid groups (broad SMARTS) is 1. The molecule has 8 heteroatoms. The fourth-order valence-corrected chi connectivity index (χ4v) is 3.13. The molecule has 0 unspecified atom stereocenters. The molecule has 0 bridgehead atoms. The summed E-state index contributed by atoms with van der Waals surface area (Å²) in [4.78, 5) is 19.4. The van der Waals surface area contributed by atoms with Crippen molar-refractivity contribution in [3.05, 3.63) is 44.1 Å². The number of halogens is 2. The third-order valence-electron chi connectivity index (χ3n) is 3.05. The van der Waals surface area contributed by atoms with Crippen LogP contribution in [-0.2, 0) is 6.54 Å². The van der Waals surface area contributed by atoms with Crippen molar-refractivity contribution in [1.82, 2.24) is 14.5 Å². The minimum atomic E-state index is -1.03. The van der Waals surface area contributed by atoms with Crippen LogP contribution in [0.2, 0.25) is 10.0 Å². The molecule has 0 saturated carbocycles. The summed E-state index contributed by atoms with van der Waals surface area (Å²) in [5.41, 5.74) is 1.64. The van der Waals surface area contributed by atoms with Gasteiger partial charge in [0, 0.05) is 5.38 Å². The molecule has 5 nitrogen and oxygen atoms in total. The van der Waals surface area contributed by atoms with Gasteiger partial charge in [0.05, 0.1) is 27.6 Å².